The Hall–Kier alpha value is -3.40. The highest BCUT2D eigenvalue weighted by atomic mass is 16.2. The van der Waals surface area contributed by atoms with Crippen molar-refractivity contribution in [3.63, 3.8) is 0 Å². The minimum atomic E-state index is -0.589. The fourth-order valence-corrected chi connectivity index (χ4v) is 4.12. The lowest BCUT2D eigenvalue weighted by molar-refractivity contribution is -0.140. The first-order valence-electron chi connectivity index (χ1n) is 12.1. The quantitative estimate of drug-likeness (QED) is 0.449. The van der Waals surface area contributed by atoms with E-state index in [4.69, 9.17) is 0 Å². The molecule has 0 spiro atoms. The first-order valence-corrected chi connectivity index (χ1v) is 12.1. The zero-order chi connectivity index (χ0) is 24.5. The number of nitrogens with zero attached hydrogens (tertiary/aromatic N) is 1. The molecule has 1 atom stereocenters. The molecular formula is C30H36N2O2. The van der Waals surface area contributed by atoms with Crippen molar-refractivity contribution < 1.29 is 9.59 Å². The fourth-order valence-electron chi connectivity index (χ4n) is 4.12. The number of rotatable bonds is 10. The van der Waals surface area contributed by atoms with E-state index in [0.717, 1.165) is 34.2 Å². The topological polar surface area (TPSA) is 49.4 Å². The second kappa shape index (κ2) is 12.2. The van der Waals surface area contributed by atoms with Gasteiger partial charge >= 0.3 is 0 Å². The van der Waals surface area contributed by atoms with Crippen LogP contribution in [0.3, 0.4) is 0 Å². The molecule has 2 amide bonds. The molecule has 0 saturated carbocycles. The molecule has 0 aliphatic carbocycles. The number of aryl methyl sites for hydroxylation is 3. The number of carbonyl (C=O) groups excluding carboxylic acids is 2. The first-order chi connectivity index (χ1) is 16.4. The number of nitrogens with one attached hydrogen (secondary N) is 1. The average molecular weight is 457 g/mol. The standard InChI is InChI=1S/C30H36N2O2/c1-5-16-31-30(34)28(19-25-11-7-6-8-12-25)32(21-27-13-9-10-22(2)17-27)29(33)20-26-15-14-23(3)24(4)18-26/h6-15,17-18,28H,5,16,19-21H2,1-4H3,(H,31,34). The van der Waals surface area contributed by atoms with Crippen LogP contribution in [0.4, 0.5) is 0 Å². The van der Waals surface area contributed by atoms with Gasteiger partial charge in [0, 0.05) is 19.5 Å². The molecule has 0 fully saturated rings. The van der Waals surface area contributed by atoms with E-state index < -0.39 is 6.04 Å². The number of hydrogen-bond acceptors (Lipinski definition) is 2. The van der Waals surface area contributed by atoms with Crippen LogP contribution in [0.25, 0.3) is 0 Å². The summed E-state index contributed by atoms with van der Waals surface area (Å²) in [6, 6.07) is 23.6. The second-order valence-electron chi connectivity index (χ2n) is 9.10. The molecule has 3 aromatic rings. The monoisotopic (exact) mass is 456 g/mol. The van der Waals surface area contributed by atoms with Crippen molar-refractivity contribution in [2.75, 3.05) is 6.54 Å². The predicted octanol–water partition coefficient (Wildman–Crippen LogP) is 5.32. The van der Waals surface area contributed by atoms with Gasteiger partial charge in [-0.1, -0.05) is 85.3 Å². The minimum Gasteiger partial charge on any atom is -0.354 e. The van der Waals surface area contributed by atoms with Crippen molar-refractivity contribution in [2.45, 2.75) is 59.5 Å². The number of hydrogen-bond donors (Lipinski definition) is 1. The van der Waals surface area contributed by atoms with Gasteiger partial charge in [0.05, 0.1) is 6.42 Å². The molecule has 4 heteroatoms. The van der Waals surface area contributed by atoms with Crippen LogP contribution in [0.5, 0.6) is 0 Å². The maximum Gasteiger partial charge on any atom is 0.243 e. The summed E-state index contributed by atoms with van der Waals surface area (Å²) < 4.78 is 0. The highest BCUT2D eigenvalue weighted by Crippen LogP contribution is 2.18. The Labute approximate surface area is 204 Å². The Morgan fingerprint density at radius 1 is 0.824 bits per heavy atom. The summed E-state index contributed by atoms with van der Waals surface area (Å²) in [5, 5.41) is 3.03. The average Bonchev–Trinajstić information content (AvgIpc) is 2.82. The molecule has 3 rings (SSSR count). The van der Waals surface area contributed by atoms with Gasteiger partial charge in [0.1, 0.15) is 6.04 Å². The van der Waals surface area contributed by atoms with Crippen molar-refractivity contribution in [1.82, 2.24) is 10.2 Å². The van der Waals surface area contributed by atoms with Gasteiger partial charge < -0.3 is 10.2 Å². The summed E-state index contributed by atoms with van der Waals surface area (Å²) in [5.74, 6) is -0.149. The summed E-state index contributed by atoms with van der Waals surface area (Å²) >= 11 is 0. The van der Waals surface area contributed by atoms with Gasteiger partial charge in [-0.3, -0.25) is 9.59 Å². The van der Waals surface area contributed by atoms with Crippen LogP contribution in [0.2, 0.25) is 0 Å². The molecular weight excluding hydrogens is 420 g/mol. The zero-order valence-electron chi connectivity index (χ0n) is 20.8. The van der Waals surface area contributed by atoms with E-state index in [1.165, 1.54) is 5.56 Å². The molecule has 34 heavy (non-hydrogen) atoms. The molecule has 0 radical (unpaired) electrons. The Kier molecular flexibility index (Phi) is 9.03. The van der Waals surface area contributed by atoms with Crippen LogP contribution in [0.1, 0.15) is 46.7 Å². The zero-order valence-corrected chi connectivity index (χ0v) is 20.8. The summed E-state index contributed by atoms with van der Waals surface area (Å²) in [5.41, 5.74) is 6.52. The fraction of sp³-hybridized carbons (Fsp3) is 0.333. The molecule has 0 bridgehead atoms. The molecule has 0 aliphatic rings. The highest BCUT2D eigenvalue weighted by molar-refractivity contribution is 5.88. The van der Waals surface area contributed by atoms with Crippen LogP contribution < -0.4 is 5.32 Å². The largest absolute Gasteiger partial charge is 0.354 e. The Balaban J connectivity index is 1.96. The van der Waals surface area contributed by atoms with E-state index in [1.54, 1.807) is 4.90 Å². The van der Waals surface area contributed by atoms with Gasteiger partial charge in [-0.2, -0.15) is 0 Å². The van der Waals surface area contributed by atoms with E-state index >= 15 is 0 Å². The molecule has 0 aromatic heterocycles. The maximum absolute atomic E-state index is 13.8. The summed E-state index contributed by atoms with van der Waals surface area (Å²) in [4.78, 5) is 28.9. The molecule has 178 valence electrons. The van der Waals surface area contributed by atoms with Gasteiger partial charge in [-0.15, -0.1) is 0 Å². The molecule has 1 N–H and O–H groups in total. The van der Waals surface area contributed by atoms with Gasteiger partial charge in [0.25, 0.3) is 0 Å². The Morgan fingerprint density at radius 2 is 1.56 bits per heavy atom. The molecule has 1 unspecified atom stereocenters. The van der Waals surface area contributed by atoms with Crippen molar-refractivity contribution in [3.8, 4) is 0 Å². The third-order valence-corrected chi connectivity index (χ3v) is 6.18. The smallest absolute Gasteiger partial charge is 0.243 e. The van der Waals surface area contributed by atoms with Gasteiger partial charge in [0.2, 0.25) is 11.8 Å². The van der Waals surface area contributed by atoms with Crippen molar-refractivity contribution in [1.29, 1.82) is 0 Å². The van der Waals surface area contributed by atoms with Gasteiger partial charge in [-0.05, 0) is 55.0 Å². The van der Waals surface area contributed by atoms with E-state index in [1.807, 2.05) is 68.4 Å². The van der Waals surface area contributed by atoms with E-state index in [2.05, 4.69) is 37.4 Å². The van der Waals surface area contributed by atoms with E-state index in [9.17, 15) is 9.59 Å². The third-order valence-electron chi connectivity index (χ3n) is 6.18. The van der Waals surface area contributed by atoms with Gasteiger partial charge in [0.15, 0.2) is 0 Å². The van der Waals surface area contributed by atoms with Crippen LogP contribution in [-0.4, -0.2) is 29.3 Å². The van der Waals surface area contributed by atoms with Crippen LogP contribution in [0.15, 0.2) is 72.8 Å². The summed E-state index contributed by atoms with van der Waals surface area (Å²) in [7, 11) is 0. The normalized spacial score (nSPS) is 11.6. The Morgan fingerprint density at radius 3 is 2.24 bits per heavy atom. The van der Waals surface area contributed by atoms with Gasteiger partial charge in [-0.25, -0.2) is 0 Å². The maximum atomic E-state index is 13.8. The Bertz CT molecular complexity index is 1110. The van der Waals surface area contributed by atoms with Crippen molar-refractivity contribution in [2.24, 2.45) is 0 Å². The van der Waals surface area contributed by atoms with Crippen molar-refractivity contribution in [3.05, 3.63) is 106 Å². The second-order valence-corrected chi connectivity index (χ2v) is 9.10. The van der Waals surface area contributed by atoms with E-state index in [-0.39, 0.29) is 18.2 Å². The lowest BCUT2D eigenvalue weighted by atomic mass is 10.00. The first kappa shape index (κ1) is 25.2. The number of carbonyl (C=O) groups is 2. The highest BCUT2D eigenvalue weighted by Gasteiger charge is 2.30. The number of benzene rings is 3. The predicted molar refractivity (Wildman–Crippen MR) is 139 cm³/mol. The number of amides is 2. The van der Waals surface area contributed by atoms with Crippen LogP contribution in [-0.2, 0) is 29.0 Å². The third kappa shape index (κ3) is 7.05. The lowest BCUT2D eigenvalue weighted by Crippen LogP contribution is -2.51. The minimum absolute atomic E-state index is 0.0441. The molecule has 0 heterocycles. The van der Waals surface area contributed by atoms with Crippen molar-refractivity contribution >= 4 is 11.8 Å². The molecule has 0 aliphatic heterocycles. The van der Waals surface area contributed by atoms with Crippen LogP contribution in [0, 0.1) is 20.8 Å². The molecule has 0 saturated heterocycles. The summed E-state index contributed by atoms with van der Waals surface area (Å²) in [6.45, 7) is 9.18. The lowest BCUT2D eigenvalue weighted by Gasteiger charge is -2.32. The van der Waals surface area contributed by atoms with Crippen LogP contribution >= 0.6 is 0 Å². The molecule has 4 nitrogen and oxygen atoms in total. The molecule has 3 aromatic carbocycles. The summed E-state index contributed by atoms with van der Waals surface area (Å²) in [6.07, 6.45) is 1.58. The SMILES string of the molecule is CCCNC(=O)C(Cc1ccccc1)N(Cc1cccc(C)c1)C(=O)Cc1ccc(C)c(C)c1. The van der Waals surface area contributed by atoms with E-state index in [0.29, 0.717) is 19.5 Å².